The van der Waals surface area contributed by atoms with Gasteiger partial charge < -0.3 is 28.9 Å². The molecular formula is C38H49FN8O5. The normalized spacial score (nSPS) is 18.7. The average molecular weight is 717 g/mol. The first kappa shape index (κ1) is 35.8. The molecule has 52 heavy (non-hydrogen) atoms. The third-order valence-corrected chi connectivity index (χ3v) is 10.4. The number of aromatic nitrogens is 4. The second-order valence-corrected chi connectivity index (χ2v) is 16.0. The van der Waals surface area contributed by atoms with Crippen molar-refractivity contribution in [2.75, 3.05) is 50.7 Å². The maximum absolute atomic E-state index is 14.3. The summed E-state index contributed by atoms with van der Waals surface area (Å²) in [7, 11) is 0. The molecule has 0 atom stereocenters. The highest BCUT2D eigenvalue weighted by Gasteiger charge is 2.54. The van der Waals surface area contributed by atoms with Crippen LogP contribution in [-0.4, -0.2) is 110 Å². The predicted molar refractivity (Wildman–Crippen MR) is 191 cm³/mol. The Morgan fingerprint density at radius 1 is 1.10 bits per heavy atom. The van der Waals surface area contributed by atoms with E-state index in [0.717, 1.165) is 82.1 Å². The van der Waals surface area contributed by atoms with E-state index in [1.165, 1.54) is 24.5 Å². The van der Waals surface area contributed by atoms with E-state index >= 15 is 0 Å². The summed E-state index contributed by atoms with van der Waals surface area (Å²) in [6.45, 7) is 17.5. The summed E-state index contributed by atoms with van der Waals surface area (Å²) in [4.78, 5) is 42.9. The first-order chi connectivity index (χ1) is 24.8. The number of carbonyl (C=O) groups excluding carboxylic acids is 2. The summed E-state index contributed by atoms with van der Waals surface area (Å²) in [5, 5.41) is 8.15. The van der Waals surface area contributed by atoms with Gasteiger partial charge in [-0.3, -0.25) is 14.7 Å². The van der Waals surface area contributed by atoms with E-state index in [2.05, 4.69) is 30.0 Å². The number of carbonyl (C=O) groups is 2. The zero-order valence-corrected chi connectivity index (χ0v) is 31.0. The summed E-state index contributed by atoms with van der Waals surface area (Å²) in [5.41, 5.74) is 2.00. The Kier molecular flexibility index (Phi) is 9.70. The minimum Gasteiger partial charge on any atom is -0.490 e. The molecule has 5 heterocycles. The Morgan fingerprint density at radius 3 is 2.58 bits per heavy atom. The van der Waals surface area contributed by atoms with Gasteiger partial charge in [0, 0.05) is 93.6 Å². The van der Waals surface area contributed by atoms with Crippen molar-refractivity contribution < 1.29 is 28.2 Å². The van der Waals surface area contributed by atoms with E-state index < -0.39 is 11.4 Å². The number of hydrogen-bond donors (Lipinski definition) is 0. The maximum atomic E-state index is 14.3. The Morgan fingerprint density at radius 2 is 1.87 bits per heavy atom. The fourth-order valence-electron chi connectivity index (χ4n) is 7.90. The fourth-order valence-corrected chi connectivity index (χ4v) is 7.90. The molecule has 0 bridgehead atoms. The fraction of sp³-hybridized carbons (Fsp3) is 0.579. The number of amides is 2. The summed E-state index contributed by atoms with van der Waals surface area (Å²) in [6, 6.07) is 5.84. The highest BCUT2D eigenvalue weighted by molar-refractivity contribution is 5.97. The van der Waals surface area contributed by atoms with Crippen LogP contribution in [0.3, 0.4) is 0 Å². The van der Waals surface area contributed by atoms with Crippen LogP contribution in [0.25, 0.3) is 0 Å². The number of anilines is 1. The summed E-state index contributed by atoms with van der Waals surface area (Å²) in [6.07, 6.45) is 5.80. The molecule has 1 saturated carbocycles. The number of benzene rings is 1. The van der Waals surface area contributed by atoms with E-state index in [9.17, 15) is 14.0 Å². The summed E-state index contributed by atoms with van der Waals surface area (Å²) >= 11 is 0. The minimum atomic E-state index is -0.522. The van der Waals surface area contributed by atoms with Crippen LogP contribution in [-0.2, 0) is 17.7 Å². The van der Waals surface area contributed by atoms with Gasteiger partial charge in [-0.2, -0.15) is 0 Å². The predicted octanol–water partition coefficient (Wildman–Crippen LogP) is 5.34. The van der Waals surface area contributed by atoms with Crippen molar-refractivity contribution in [3.05, 3.63) is 59.4 Å². The number of ether oxygens (including phenoxy) is 3. The van der Waals surface area contributed by atoms with E-state index in [0.29, 0.717) is 18.3 Å². The maximum Gasteiger partial charge on any atom is 0.410 e. The smallest absolute Gasteiger partial charge is 0.410 e. The van der Waals surface area contributed by atoms with Crippen molar-refractivity contribution in [1.82, 2.24) is 34.9 Å². The molecule has 0 unspecified atom stereocenters. The second kappa shape index (κ2) is 14.1. The van der Waals surface area contributed by atoms with Crippen LogP contribution < -0.4 is 14.4 Å². The lowest BCUT2D eigenvalue weighted by atomic mass is 9.61. The zero-order valence-electron chi connectivity index (χ0n) is 31.0. The van der Waals surface area contributed by atoms with Gasteiger partial charge in [0.1, 0.15) is 35.3 Å². The molecule has 2 saturated heterocycles. The lowest BCUT2D eigenvalue weighted by molar-refractivity contribution is -0.0354. The number of hydrogen-bond acceptors (Lipinski definition) is 11. The average Bonchev–Trinajstić information content (AvgIpc) is 3.03. The zero-order chi connectivity index (χ0) is 36.8. The molecule has 7 rings (SSSR count). The minimum absolute atomic E-state index is 0.0639. The van der Waals surface area contributed by atoms with Crippen LogP contribution >= 0.6 is 0 Å². The van der Waals surface area contributed by atoms with E-state index in [-0.39, 0.29) is 46.8 Å². The van der Waals surface area contributed by atoms with Crippen molar-refractivity contribution in [2.45, 2.75) is 85.1 Å². The third-order valence-electron chi connectivity index (χ3n) is 10.4. The second-order valence-electron chi connectivity index (χ2n) is 16.0. The van der Waals surface area contributed by atoms with E-state index in [1.54, 1.807) is 9.80 Å². The molecule has 3 aromatic rings. The van der Waals surface area contributed by atoms with Crippen molar-refractivity contribution >= 4 is 17.8 Å². The quantitative estimate of drug-likeness (QED) is 0.270. The first-order valence-electron chi connectivity index (χ1n) is 18.3. The monoisotopic (exact) mass is 716 g/mol. The van der Waals surface area contributed by atoms with Gasteiger partial charge in [0.15, 0.2) is 5.82 Å². The van der Waals surface area contributed by atoms with E-state index in [1.807, 2.05) is 53.8 Å². The van der Waals surface area contributed by atoms with Crippen LogP contribution in [0.2, 0.25) is 0 Å². The summed E-state index contributed by atoms with van der Waals surface area (Å²) < 4.78 is 32.6. The highest BCUT2D eigenvalue weighted by Crippen LogP contribution is 2.52. The SMILES string of the molecule is CCN(C(=O)c1cc(F)ccc1Oc1nncnc1N1CC2(CC(Oc3ccnc4c3CN(CC3CN(C(=O)OC(C)(C)C)C3)CC4)C2)C1)C(C)C. The Balaban J connectivity index is 0.935. The topological polar surface area (TPSA) is 126 Å². The summed E-state index contributed by atoms with van der Waals surface area (Å²) in [5.74, 6) is 1.41. The van der Waals surface area contributed by atoms with Gasteiger partial charge in [0.05, 0.1) is 5.56 Å². The first-order valence-corrected chi connectivity index (χ1v) is 18.3. The molecule has 0 radical (unpaired) electrons. The van der Waals surface area contributed by atoms with Gasteiger partial charge >= 0.3 is 6.09 Å². The lowest BCUT2D eigenvalue weighted by Gasteiger charge is -2.58. The molecule has 278 valence electrons. The van der Waals surface area contributed by atoms with Crippen LogP contribution in [0.4, 0.5) is 15.0 Å². The Bertz CT molecular complexity index is 1800. The van der Waals surface area contributed by atoms with Crippen LogP contribution in [0.1, 0.15) is 76.0 Å². The van der Waals surface area contributed by atoms with Gasteiger partial charge in [-0.25, -0.2) is 14.2 Å². The van der Waals surface area contributed by atoms with Crippen LogP contribution in [0.5, 0.6) is 17.4 Å². The van der Waals surface area contributed by atoms with Crippen molar-refractivity contribution in [2.24, 2.45) is 11.3 Å². The third kappa shape index (κ3) is 7.48. The lowest BCUT2D eigenvalue weighted by Crippen LogP contribution is -2.65. The standard InChI is InChI=1S/C38H49FN8O5/c1-7-47(24(2)3)35(48)28-14-26(39)8-9-31(28)51-34-33(41-23-42-43-34)46-21-38(22-46)15-27(16-38)50-32-10-12-40-30-11-13-44(20-29(30)32)17-25-18-45(19-25)36(49)52-37(4,5)6/h8-10,12,14,23-25,27H,7,11,13,15-22H2,1-6H3. The molecule has 1 aliphatic carbocycles. The molecule has 4 aliphatic rings. The van der Waals surface area contributed by atoms with Crippen LogP contribution in [0.15, 0.2) is 36.8 Å². The Labute approximate surface area is 304 Å². The van der Waals surface area contributed by atoms with Gasteiger partial charge in [0.25, 0.3) is 11.8 Å². The van der Waals surface area contributed by atoms with Crippen molar-refractivity contribution in [1.29, 1.82) is 0 Å². The molecule has 3 fully saturated rings. The number of fused-ring (bicyclic) bond motifs is 1. The number of halogens is 1. The number of likely N-dealkylation sites (tertiary alicyclic amines) is 1. The molecule has 2 aromatic heterocycles. The number of rotatable bonds is 10. The van der Waals surface area contributed by atoms with Crippen LogP contribution in [0, 0.1) is 17.2 Å². The molecule has 1 aromatic carbocycles. The number of nitrogens with zero attached hydrogens (tertiary/aromatic N) is 8. The van der Waals surface area contributed by atoms with Gasteiger partial charge in [0.2, 0.25) is 0 Å². The van der Waals surface area contributed by atoms with Gasteiger partial charge in [-0.05, 0) is 78.6 Å². The molecule has 2 amide bonds. The van der Waals surface area contributed by atoms with E-state index in [4.69, 9.17) is 14.2 Å². The molecule has 0 N–H and O–H groups in total. The van der Waals surface area contributed by atoms with Gasteiger partial charge in [-0.1, -0.05) is 0 Å². The van der Waals surface area contributed by atoms with Gasteiger partial charge in [-0.15, -0.1) is 10.2 Å². The Hall–Kier alpha value is -4.59. The molecular weight excluding hydrogens is 667 g/mol. The van der Waals surface area contributed by atoms with Crippen molar-refractivity contribution in [3.63, 3.8) is 0 Å². The molecule has 3 aliphatic heterocycles. The molecule has 14 heteroatoms. The highest BCUT2D eigenvalue weighted by atomic mass is 19.1. The molecule has 13 nitrogen and oxygen atoms in total. The largest absolute Gasteiger partial charge is 0.490 e. The van der Waals surface area contributed by atoms with Crippen molar-refractivity contribution in [3.8, 4) is 17.4 Å². The molecule has 1 spiro atoms. The number of pyridine rings is 1.